The minimum Gasteiger partial charge on any atom is -0.497 e. The van der Waals surface area contributed by atoms with E-state index in [1.54, 1.807) is 26.2 Å². The van der Waals surface area contributed by atoms with Gasteiger partial charge in [-0.1, -0.05) is 11.8 Å². The number of carbonyl (C=O) groups excluding carboxylic acids is 1. The van der Waals surface area contributed by atoms with Crippen LogP contribution in [0.5, 0.6) is 11.5 Å². The standard InChI is InChI=1S/C23H26N4O5S/c1-5-27-20(14(2)32-19-12-10-18(31-4)11-13-19)25-26-23(27)33-15(3)21(28)24-17-8-6-16(7-9-17)22(29)30/h6-15H,5H2,1-4H3,(H,24,28)(H,29,30). The molecule has 0 saturated heterocycles. The number of rotatable bonds is 10. The predicted molar refractivity (Wildman–Crippen MR) is 125 cm³/mol. The Morgan fingerprint density at radius 1 is 1.06 bits per heavy atom. The second kappa shape index (κ2) is 10.9. The van der Waals surface area contributed by atoms with Crippen molar-refractivity contribution >= 4 is 29.3 Å². The Labute approximate surface area is 196 Å². The molecule has 10 heteroatoms. The lowest BCUT2D eigenvalue weighted by Gasteiger charge is -2.16. The van der Waals surface area contributed by atoms with Crippen LogP contribution in [-0.4, -0.2) is 44.1 Å². The van der Waals surface area contributed by atoms with Crippen LogP contribution in [0.15, 0.2) is 53.7 Å². The molecule has 0 radical (unpaired) electrons. The average Bonchev–Trinajstić information content (AvgIpc) is 3.22. The molecule has 0 spiro atoms. The van der Waals surface area contributed by atoms with E-state index in [1.165, 1.54) is 23.9 Å². The van der Waals surface area contributed by atoms with Gasteiger partial charge in [-0.15, -0.1) is 10.2 Å². The number of anilines is 1. The summed E-state index contributed by atoms with van der Waals surface area (Å²) in [6.45, 7) is 6.26. The lowest BCUT2D eigenvalue weighted by Crippen LogP contribution is -2.23. The van der Waals surface area contributed by atoms with Crippen molar-refractivity contribution in [3.05, 3.63) is 59.9 Å². The number of carboxylic acid groups (broad SMARTS) is 1. The fourth-order valence-electron chi connectivity index (χ4n) is 3.05. The smallest absolute Gasteiger partial charge is 0.335 e. The van der Waals surface area contributed by atoms with Crippen molar-refractivity contribution < 1.29 is 24.2 Å². The number of hydrogen-bond acceptors (Lipinski definition) is 7. The highest BCUT2D eigenvalue weighted by molar-refractivity contribution is 8.00. The molecule has 0 bridgehead atoms. The number of aromatic nitrogens is 3. The van der Waals surface area contributed by atoms with Crippen molar-refractivity contribution in [2.45, 2.75) is 43.8 Å². The zero-order valence-corrected chi connectivity index (χ0v) is 19.6. The number of carboxylic acids is 1. The first-order valence-corrected chi connectivity index (χ1v) is 11.2. The number of methoxy groups -OCH3 is 1. The zero-order chi connectivity index (χ0) is 24.0. The van der Waals surface area contributed by atoms with Crippen molar-refractivity contribution in [2.75, 3.05) is 12.4 Å². The number of amides is 1. The lowest BCUT2D eigenvalue weighted by atomic mass is 10.2. The SMILES string of the molecule is CCn1c(SC(C)C(=O)Nc2ccc(C(=O)O)cc2)nnc1C(C)Oc1ccc(OC)cc1. The molecular weight excluding hydrogens is 444 g/mol. The lowest BCUT2D eigenvalue weighted by molar-refractivity contribution is -0.115. The Kier molecular flexibility index (Phi) is 7.94. The van der Waals surface area contributed by atoms with E-state index in [2.05, 4.69) is 15.5 Å². The van der Waals surface area contributed by atoms with Gasteiger partial charge < -0.3 is 24.5 Å². The Morgan fingerprint density at radius 3 is 2.27 bits per heavy atom. The van der Waals surface area contributed by atoms with E-state index in [-0.39, 0.29) is 17.6 Å². The third-order valence-corrected chi connectivity index (χ3v) is 5.93. The summed E-state index contributed by atoms with van der Waals surface area (Å²) in [6, 6.07) is 13.3. The number of aromatic carboxylic acids is 1. The summed E-state index contributed by atoms with van der Waals surface area (Å²) in [4.78, 5) is 23.6. The molecule has 3 aromatic rings. The third-order valence-electron chi connectivity index (χ3n) is 4.85. The molecule has 174 valence electrons. The molecule has 2 atom stereocenters. The van der Waals surface area contributed by atoms with Crippen molar-refractivity contribution in [3.8, 4) is 11.5 Å². The molecule has 9 nitrogen and oxygen atoms in total. The van der Waals surface area contributed by atoms with Crippen LogP contribution in [0, 0.1) is 0 Å². The van der Waals surface area contributed by atoms with Crippen LogP contribution in [0.3, 0.4) is 0 Å². The number of nitrogens with one attached hydrogen (secondary N) is 1. The van der Waals surface area contributed by atoms with Gasteiger partial charge >= 0.3 is 5.97 Å². The first-order chi connectivity index (χ1) is 15.8. The number of hydrogen-bond donors (Lipinski definition) is 2. The Morgan fingerprint density at radius 2 is 1.70 bits per heavy atom. The predicted octanol–water partition coefficient (Wildman–Crippen LogP) is 4.26. The van der Waals surface area contributed by atoms with Gasteiger partial charge in [0.15, 0.2) is 17.1 Å². The quantitative estimate of drug-likeness (QED) is 0.422. The minimum atomic E-state index is -1.02. The molecule has 0 fully saturated rings. The van der Waals surface area contributed by atoms with E-state index in [1.807, 2.05) is 42.7 Å². The summed E-state index contributed by atoms with van der Waals surface area (Å²) in [5.74, 6) is 0.850. The number of benzene rings is 2. The first-order valence-electron chi connectivity index (χ1n) is 10.4. The molecule has 3 rings (SSSR count). The highest BCUT2D eigenvalue weighted by atomic mass is 32.2. The summed E-state index contributed by atoms with van der Waals surface area (Å²) in [7, 11) is 1.61. The monoisotopic (exact) mass is 470 g/mol. The largest absolute Gasteiger partial charge is 0.497 e. The van der Waals surface area contributed by atoms with E-state index >= 15 is 0 Å². The van der Waals surface area contributed by atoms with Crippen LogP contribution < -0.4 is 14.8 Å². The van der Waals surface area contributed by atoms with Crippen LogP contribution in [-0.2, 0) is 11.3 Å². The molecule has 1 heterocycles. The molecule has 33 heavy (non-hydrogen) atoms. The van der Waals surface area contributed by atoms with Gasteiger partial charge in [0.25, 0.3) is 0 Å². The van der Waals surface area contributed by atoms with Gasteiger partial charge in [-0.05, 0) is 69.3 Å². The molecule has 1 amide bonds. The molecule has 2 N–H and O–H groups in total. The zero-order valence-electron chi connectivity index (χ0n) is 18.8. The van der Waals surface area contributed by atoms with Gasteiger partial charge in [-0.25, -0.2) is 4.79 Å². The van der Waals surface area contributed by atoms with Gasteiger partial charge in [-0.2, -0.15) is 0 Å². The Hall–Kier alpha value is -3.53. The summed E-state index contributed by atoms with van der Waals surface area (Å²) in [5, 5.41) is 20.5. The summed E-state index contributed by atoms with van der Waals surface area (Å²) in [6.07, 6.45) is -0.350. The number of thioether (sulfide) groups is 1. The highest BCUT2D eigenvalue weighted by Crippen LogP contribution is 2.28. The van der Waals surface area contributed by atoms with Gasteiger partial charge in [-0.3, -0.25) is 4.79 Å². The molecule has 2 unspecified atom stereocenters. The molecular formula is C23H26N4O5S. The first kappa shape index (κ1) is 24.1. The van der Waals surface area contributed by atoms with E-state index < -0.39 is 11.2 Å². The fraction of sp³-hybridized carbons (Fsp3) is 0.304. The average molecular weight is 471 g/mol. The topological polar surface area (TPSA) is 116 Å². The summed E-state index contributed by atoms with van der Waals surface area (Å²) >= 11 is 1.29. The Balaban J connectivity index is 1.65. The normalized spacial score (nSPS) is 12.6. The van der Waals surface area contributed by atoms with Crippen LogP contribution in [0.2, 0.25) is 0 Å². The molecule has 2 aromatic carbocycles. The number of nitrogens with zero attached hydrogens (tertiary/aromatic N) is 3. The third kappa shape index (κ3) is 6.04. The molecule has 0 aliphatic heterocycles. The maximum absolute atomic E-state index is 12.6. The number of carbonyl (C=O) groups is 2. The Bertz CT molecular complexity index is 1100. The van der Waals surface area contributed by atoms with Gasteiger partial charge in [0.05, 0.1) is 17.9 Å². The fourth-order valence-corrected chi connectivity index (χ4v) is 3.97. The van der Waals surface area contributed by atoms with Gasteiger partial charge in [0.1, 0.15) is 11.5 Å². The van der Waals surface area contributed by atoms with Crippen LogP contribution in [0.4, 0.5) is 5.69 Å². The van der Waals surface area contributed by atoms with E-state index in [4.69, 9.17) is 14.6 Å². The van der Waals surface area contributed by atoms with Crippen molar-refractivity contribution in [1.29, 1.82) is 0 Å². The van der Waals surface area contributed by atoms with Gasteiger partial charge in [0, 0.05) is 12.2 Å². The van der Waals surface area contributed by atoms with Crippen LogP contribution >= 0.6 is 11.8 Å². The van der Waals surface area contributed by atoms with Crippen molar-refractivity contribution in [1.82, 2.24) is 14.8 Å². The molecule has 0 saturated carbocycles. The second-order valence-corrected chi connectivity index (χ2v) is 8.46. The summed E-state index contributed by atoms with van der Waals surface area (Å²) < 4.78 is 13.1. The van der Waals surface area contributed by atoms with Crippen LogP contribution in [0.1, 0.15) is 43.1 Å². The minimum absolute atomic E-state index is 0.157. The van der Waals surface area contributed by atoms with Gasteiger partial charge in [0.2, 0.25) is 5.91 Å². The maximum Gasteiger partial charge on any atom is 0.335 e. The molecule has 0 aliphatic carbocycles. The highest BCUT2D eigenvalue weighted by Gasteiger charge is 2.23. The molecule has 1 aromatic heterocycles. The van der Waals surface area contributed by atoms with E-state index in [9.17, 15) is 9.59 Å². The van der Waals surface area contributed by atoms with Crippen molar-refractivity contribution in [3.63, 3.8) is 0 Å². The second-order valence-electron chi connectivity index (χ2n) is 7.15. The number of ether oxygens (including phenoxy) is 2. The van der Waals surface area contributed by atoms with Crippen molar-refractivity contribution in [2.24, 2.45) is 0 Å². The molecule has 0 aliphatic rings. The van der Waals surface area contributed by atoms with E-state index in [0.717, 1.165) is 5.75 Å². The van der Waals surface area contributed by atoms with E-state index in [0.29, 0.717) is 29.0 Å². The van der Waals surface area contributed by atoms with Crippen LogP contribution in [0.25, 0.3) is 0 Å². The maximum atomic E-state index is 12.6. The summed E-state index contributed by atoms with van der Waals surface area (Å²) in [5.41, 5.74) is 0.682.